The van der Waals surface area contributed by atoms with Crippen molar-refractivity contribution in [3.8, 4) is 5.88 Å². The number of carboxylic acids is 1. The summed E-state index contributed by atoms with van der Waals surface area (Å²) < 4.78 is 23.4. The van der Waals surface area contributed by atoms with Gasteiger partial charge in [0.05, 0.1) is 13.2 Å². The van der Waals surface area contributed by atoms with Gasteiger partial charge in [0, 0.05) is 30.2 Å². The third-order valence-electron chi connectivity index (χ3n) is 4.56. The van der Waals surface area contributed by atoms with Crippen LogP contribution in [-0.4, -0.2) is 76.0 Å². The summed E-state index contributed by atoms with van der Waals surface area (Å²) >= 11 is 6.73. The van der Waals surface area contributed by atoms with E-state index < -0.39 is 17.8 Å². The standard InChI is InChI=1S/C20H26ClFN4O6S/c1-12-9-15(22)13(10-14(12)21)11-32-17-16(19(29)30)18(33-25-17)24-20(31)23-3-2-4-26(5-7-27)6-8-28/h9-10,27-28H,2-8,11H2,1H3,(H,29,30)(H2,23,24,31). The second-order valence-electron chi connectivity index (χ2n) is 7.00. The molecule has 1 aromatic heterocycles. The molecule has 0 saturated heterocycles. The van der Waals surface area contributed by atoms with Crippen molar-refractivity contribution in [3.63, 3.8) is 0 Å². The van der Waals surface area contributed by atoms with Crippen molar-refractivity contribution >= 4 is 40.1 Å². The second-order valence-corrected chi connectivity index (χ2v) is 8.18. The third kappa shape index (κ3) is 8.09. The maximum absolute atomic E-state index is 14.1. The number of halogens is 2. The van der Waals surface area contributed by atoms with Gasteiger partial charge < -0.3 is 25.4 Å². The van der Waals surface area contributed by atoms with Gasteiger partial charge in [-0.2, -0.15) is 4.37 Å². The molecule has 1 heterocycles. The van der Waals surface area contributed by atoms with Crippen LogP contribution in [0.15, 0.2) is 12.1 Å². The van der Waals surface area contributed by atoms with Crippen LogP contribution in [0.2, 0.25) is 5.02 Å². The van der Waals surface area contributed by atoms with E-state index in [1.165, 1.54) is 12.1 Å². The minimum Gasteiger partial charge on any atom is -0.477 e. The molecule has 0 saturated carbocycles. The number of benzene rings is 1. The van der Waals surface area contributed by atoms with Crippen LogP contribution in [-0.2, 0) is 6.61 Å². The number of aromatic carboxylic acids is 1. The van der Waals surface area contributed by atoms with Gasteiger partial charge in [0.15, 0.2) is 5.56 Å². The number of rotatable bonds is 13. The number of hydrogen-bond donors (Lipinski definition) is 5. The molecule has 0 atom stereocenters. The number of carboxylic acid groups (broad SMARTS) is 1. The molecule has 10 nitrogen and oxygen atoms in total. The highest BCUT2D eigenvalue weighted by atomic mass is 35.5. The Morgan fingerprint density at radius 1 is 1.24 bits per heavy atom. The van der Waals surface area contributed by atoms with Crippen molar-refractivity contribution in [1.29, 1.82) is 0 Å². The Bertz CT molecular complexity index is 955. The van der Waals surface area contributed by atoms with Crippen molar-refractivity contribution < 1.29 is 34.0 Å². The molecule has 182 valence electrons. The largest absolute Gasteiger partial charge is 0.477 e. The minimum absolute atomic E-state index is 0.0281. The molecule has 2 rings (SSSR count). The first-order valence-corrected chi connectivity index (χ1v) is 11.2. The first-order chi connectivity index (χ1) is 15.8. The molecule has 13 heteroatoms. The summed E-state index contributed by atoms with van der Waals surface area (Å²) in [6, 6.07) is 2.03. The maximum Gasteiger partial charge on any atom is 0.344 e. The van der Waals surface area contributed by atoms with Crippen LogP contribution in [0.3, 0.4) is 0 Å². The number of carbonyl (C=O) groups is 2. The smallest absolute Gasteiger partial charge is 0.344 e. The Morgan fingerprint density at radius 2 is 1.94 bits per heavy atom. The first-order valence-electron chi connectivity index (χ1n) is 10.1. The number of aromatic nitrogens is 1. The number of nitrogens with zero attached hydrogens (tertiary/aromatic N) is 2. The van der Waals surface area contributed by atoms with E-state index in [4.69, 9.17) is 26.6 Å². The monoisotopic (exact) mass is 504 g/mol. The van der Waals surface area contributed by atoms with Crippen LogP contribution in [0.4, 0.5) is 14.2 Å². The number of carbonyl (C=O) groups excluding carboxylic acids is 1. The van der Waals surface area contributed by atoms with E-state index in [1.54, 1.807) is 6.92 Å². The fraction of sp³-hybridized carbons (Fsp3) is 0.450. The SMILES string of the molecule is Cc1cc(F)c(COc2nsc(NC(=O)NCCCN(CCO)CCO)c2C(=O)O)cc1Cl. The molecule has 2 amide bonds. The van der Waals surface area contributed by atoms with Crippen molar-refractivity contribution in [2.45, 2.75) is 20.0 Å². The Hall–Kier alpha value is -2.51. The zero-order chi connectivity index (χ0) is 24.4. The Labute approximate surface area is 199 Å². The quantitative estimate of drug-likeness (QED) is 0.261. The molecule has 0 aliphatic heterocycles. The van der Waals surface area contributed by atoms with E-state index in [-0.39, 0.29) is 48.4 Å². The number of amides is 2. The summed E-state index contributed by atoms with van der Waals surface area (Å²) in [5.74, 6) is -2.15. The van der Waals surface area contributed by atoms with Crippen LogP contribution < -0.4 is 15.4 Å². The van der Waals surface area contributed by atoms with E-state index in [0.717, 1.165) is 11.5 Å². The van der Waals surface area contributed by atoms with E-state index in [2.05, 4.69) is 15.0 Å². The van der Waals surface area contributed by atoms with Gasteiger partial charge in [-0.25, -0.2) is 14.0 Å². The number of urea groups is 1. The Balaban J connectivity index is 1.94. The predicted octanol–water partition coefficient (Wildman–Crippen LogP) is 2.32. The number of aliphatic hydroxyl groups excluding tert-OH is 2. The number of anilines is 1. The van der Waals surface area contributed by atoms with Gasteiger partial charge in [0.25, 0.3) is 0 Å². The second kappa shape index (κ2) is 13.3. The number of aryl methyl sites for hydroxylation is 1. The van der Waals surface area contributed by atoms with E-state index in [0.29, 0.717) is 36.6 Å². The number of hydrogen-bond acceptors (Lipinski definition) is 8. The van der Waals surface area contributed by atoms with Gasteiger partial charge in [0.1, 0.15) is 17.4 Å². The van der Waals surface area contributed by atoms with Gasteiger partial charge >= 0.3 is 12.0 Å². The Kier molecular flexibility index (Phi) is 10.7. The molecular formula is C20H26ClFN4O6S. The van der Waals surface area contributed by atoms with Gasteiger partial charge in [-0.05, 0) is 49.1 Å². The Morgan fingerprint density at radius 3 is 2.58 bits per heavy atom. The molecule has 0 unspecified atom stereocenters. The average molecular weight is 505 g/mol. The third-order valence-corrected chi connectivity index (χ3v) is 5.72. The fourth-order valence-corrected chi connectivity index (χ4v) is 3.77. The van der Waals surface area contributed by atoms with E-state index in [9.17, 15) is 19.1 Å². The lowest BCUT2D eigenvalue weighted by Gasteiger charge is -2.19. The van der Waals surface area contributed by atoms with Crippen LogP contribution in [0.1, 0.15) is 27.9 Å². The molecule has 1 aromatic carbocycles. The van der Waals surface area contributed by atoms with Crippen molar-refractivity contribution in [2.24, 2.45) is 0 Å². The average Bonchev–Trinajstić information content (AvgIpc) is 3.15. The molecule has 0 aliphatic rings. The highest BCUT2D eigenvalue weighted by Crippen LogP contribution is 2.31. The molecular weight excluding hydrogens is 479 g/mol. The number of ether oxygens (including phenoxy) is 1. The molecule has 2 aromatic rings. The zero-order valence-corrected chi connectivity index (χ0v) is 19.5. The first kappa shape index (κ1) is 26.7. The van der Waals surface area contributed by atoms with Gasteiger partial charge in [-0.15, -0.1) is 0 Å². The maximum atomic E-state index is 14.1. The lowest BCUT2D eigenvalue weighted by molar-refractivity contribution is 0.0693. The van der Waals surface area contributed by atoms with Crippen LogP contribution >= 0.6 is 23.1 Å². The normalized spacial score (nSPS) is 11.0. The predicted molar refractivity (Wildman–Crippen MR) is 122 cm³/mol. The molecule has 0 fully saturated rings. The lowest BCUT2D eigenvalue weighted by atomic mass is 10.1. The summed E-state index contributed by atoms with van der Waals surface area (Å²) in [4.78, 5) is 25.7. The molecule has 0 bridgehead atoms. The molecule has 5 N–H and O–H groups in total. The molecule has 0 spiro atoms. The zero-order valence-electron chi connectivity index (χ0n) is 17.9. The van der Waals surface area contributed by atoms with Crippen molar-refractivity contribution in [1.82, 2.24) is 14.6 Å². The molecule has 0 radical (unpaired) electrons. The highest BCUT2D eigenvalue weighted by Gasteiger charge is 2.24. The van der Waals surface area contributed by atoms with Crippen LogP contribution in [0.25, 0.3) is 0 Å². The van der Waals surface area contributed by atoms with Gasteiger partial charge in [-0.1, -0.05) is 11.6 Å². The number of nitrogens with one attached hydrogen (secondary N) is 2. The molecule has 0 aliphatic carbocycles. The van der Waals surface area contributed by atoms with Gasteiger partial charge in [0.2, 0.25) is 5.88 Å². The summed E-state index contributed by atoms with van der Waals surface area (Å²) in [6.45, 7) is 2.96. The lowest BCUT2D eigenvalue weighted by Crippen LogP contribution is -2.34. The van der Waals surface area contributed by atoms with Crippen molar-refractivity contribution in [3.05, 3.63) is 39.7 Å². The molecule has 33 heavy (non-hydrogen) atoms. The van der Waals surface area contributed by atoms with E-state index >= 15 is 0 Å². The summed E-state index contributed by atoms with van der Waals surface area (Å²) in [7, 11) is 0. The highest BCUT2D eigenvalue weighted by molar-refractivity contribution is 7.11. The number of aliphatic hydroxyl groups is 2. The summed E-state index contributed by atoms with van der Waals surface area (Å²) in [6.07, 6.45) is 0.556. The van der Waals surface area contributed by atoms with Gasteiger partial charge in [-0.3, -0.25) is 10.2 Å². The minimum atomic E-state index is -1.36. The van der Waals surface area contributed by atoms with Crippen molar-refractivity contribution in [2.75, 3.05) is 44.7 Å². The fourth-order valence-electron chi connectivity index (χ4n) is 2.86. The summed E-state index contributed by atoms with van der Waals surface area (Å²) in [5, 5.41) is 32.9. The van der Waals surface area contributed by atoms with Crippen LogP contribution in [0.5, 0.6) is 5.88 Å². The van der Waals surface area contributed by atoms with Crippen LogP contribution in [0, 0.1) is 12.7 Å². The summed E-state index contributed by atoms with van der Waals surface area (Å²) in [5.41, 5.74) is 0.356. The topological polar surface area (TPSA) is 144 Å². The van der Waals surface area contributed by atoms with E-state index in [1.807, 2.05) is 4.90 Å².